The standard InChI is InChI=1S/C2H3O2/c1-3-2-4-1/h1H,2H2/q+1. The minimum atomic E-state index is 0.444. The normalized spacial score (nSPS) is 18.0. The molecule has 0 aromatic heterocycles. The van der Waals surface area contributed by atoms with Crippen molar-refractivity contribution in [2.24, 2.45) is 0 Å². The average molecular weight is 59.0 g/mol. The van der Waals surface area contributed by atoms with E-state index in [1.807, 2.05) is 0 Å². The third kappa shape index (κ3) is 0.0270. The maximum Gasteiger partial charge on any atom is 0.482 e. The van der Waals surface area contributed by atoms with Gasteiger partial charge >= 0.3 is 13.3 Å². The van der Waals surface area contributed by atoms with E-state index >= 15 is 0 Å². The van der Waals surface area contributed by atoms with Gasteiger partial charge in [0.25, 0.3) is 0 Å². The molecule has 0 atom stereocenters. The van der Waals surface area contributed by atoms with Crippen molar-refractivity contribution < 1.29 is 9.16 Å². The smallest absolute Gasteiger partial charge is 0.259 e. The predicted octanol–water partition coefficient (Wildman–Crippen LogP) is -0.334. The van der Waals surface area contributed by atoms with Gasteiger partial charge in [0.05, 0.1) is 0 Å². The van der Waals surface area contributed by atoms with Crippen molar-refractivity contribution in [2.75, 3.05) is 6.79 Å². The van der Waals surface area contributed by atoms with Crippen LogP contribution >= 0.6 is 0 Å². The summed E-state index contributed by atoms with van der Waals surface area (Å²) >= 11 is 0. The van der Waals surface area contributed by atoms with Gasteiger partial charge in [-0.15, -0.1) is 0 Å². The molecule has 1 heterocycles. The molecule has 0 N–H and O–H groups in total. The highest BCUT2D eigenvalue weighted by molar-refractivity contribution is 5.39. The molecule has 0 unspecified atom stereocenters. The Kier molecular flexibility index (Phi) is 0.195. The Hall–Kier alpha value is -0.530. The zero-order valence-corrected chi connectivity index (χ0v) is 2.10. The average Bonchev–Trinajstić information content (AvgIpc) is 0.722. The second kappa shape index (κ2) is 0.443. The van der Waals surface area contributed by atoms with Crippen LogP contribution in [0.4, 0.5) is 0 Å². The summed E-state index contributed by atoms with van der Waals surface area (Å²) in [5.74, 6) is 0. The SMILES string of the molecule is C1=[O+]CO1. The number of carbonyl (C=O) groups excluding carboxylic acids is 1. The third-order valence-corrected chi connectivity index (χ3v) is 0.272. The van der Waals surface area contributed by atoms with E-state index in [1.165, 1.54) is 6.47 Å². The van der Waals surface area contributed by atoms with Crippen LogP contribution in [0.2, 0.25) is 0 Å². The second-order valence-corrected chi connectivity index (χ2v) is 0.547. The first-order valence-electron chi connectivity index (χ1n) is 1.05. The monoisotopic (exact) mass is 59.0 g/mol. The highest BCUT2D eigenvalue weighted by Gasteiger charge is 1.99. The van der Waals surface area contributed by atoms with Gasteiger partial charge in [0.2, 0.25) is 0 Å². The van der Waals surface area contributed by atoms with Gasteiger partial charge in [0.15, 0.2) is 0 Å². The summed E-state index contributed by atoms with van der Waals surface area (Å²) in [4.78, 5) is 0. The minimum Gasteiger partial charge on any atom is -0.259 e. The zero-order valence-electron chi connectivity index (χ0n) is 2.10. The van der Waals surface area contributed by atoms with Crippen LogP contribution in [0.5, 0.6) is 0 Å². The molecule has 0 bridgehead atoms. The summed E-state index contributed by atoms with van der Waals surface area (Å²) in [6.07, 6.45) is 0. The Morgan fingerprint density at radius 1 is 2.00 bits per heavy atom. The molecule has 2 nitrogen and oxygen atoms in total. The van der Waals surface area contributed by atoms with E-state index in [2.05, 4.69) is 9.16 Å². The van der Waals surface area contributed by atoms with Gasteiger partial charge < -0.3 is 0 Å². The lowest BCUT2D eigenvalue weighted by atomic mass is 11.3. The van der Waals surface area contributed by atoms with Crippen LogP contribution in [0.15, 0.2) is 0 Å². The lowest BCUT2D eigenvalue weighted by Gasteiger charge is -1.80. The van der Waals surface area contributed by atoms with Gasteiger partial charge in [-0.25, -0.2) is 0 Å². The van der Waals surface area contributed by atoms with Crippen LogP contribution in [0, 0.1) is 0 Å². The molecule has 22 valence electrons. The Morgan fingerprint density at radius 3 is 2.25 bits per heavy atom. The van der Waals surface area contributed by atoms with Crippen LogP contribution in [-0.4, -0.2) is 13.3 Å². The molecule has 4 heavy (non-hydrogen) atoms. The summed E-state index contributed by atoms with van der Waals surface area (Å²) < 4.78 is 8.75. The van der Waals surface area contributed by atoms with Gasteiger partial charge in [-0.3, -0.25) is 9.16 Å². The van der Waals surface area contributed by atoms with E-state index in [0.29, 0.717) is 6.79 Å². The lowest BCUT2D eigenvalue weighted by Crippen LogP contribution is -2.04. The first-order valence-corrected chi connectivity index (χ1v) is 1.05. The van der Waals surface area contributed by atoms with Crippen molar-refractivity contribution in [1.82, 2.24) is 0 Å². The minimum absolute atomic E-state index is 0.444. The van der Waals surface area contributed by atoms with E-state index in [4.69, 9.17) is 0 Å². The van der Waals surface area contributed by atoms with Gasteiger partial charge in [-0.1, -0.05) is 0 Å². The second-order valence-electron chi connectivity index (χ2n) is 0.547. The quantitative estimate of drug-likeness (QED) is 0.276. The fraction of sp³-hybridized carbons (Fsp3) is 0.500. The van der Waals surface area contributed by atoms with E-state index in [-0.39, 0.29) is 0 Å². The number of rotatable bonds is 0. The fourth-order valence-corrected chi connectivity index (χ4v) is 0.0680. The lowest BCUT2D eigenvalue weighted by molar-refractivity contribution is -0.552. The highest BCUT2D eigenvalue weighted by Crippen LogP contribution is 1.70. The van der Waals surface area contributed by atoms with Crippen molar-refractivity contribution in [1.29, 1.82) is 0 Å². The molecule has 0 saturated heterocycles. The molecule has 1 aliphatic rings. The van der Waals surface area contributed by atoms with E-state index in [1.54, 1.807) is 0 Å². The van der Waals surface area contributed by atoms with Gasteiger partial charge in [-0.05, 0) is 0 Å². The van der Waals surface area contributed by atoms with Crippen molar-refractivity contribution >= 4 is 6.47 Å². The molecule has 0 fully saturated rings. The van der Waals surface area contributed by atoms with Gasteiger partial charge in [-0.2, -0.15) is 0 Å². The number of ether oxygens (including phenoxy) is 1. The highest BCUT2D eigenvalue weighted by atomic mass is 16.7. The molecule has 0 aromatic rings. The van der Waals surface area contributed by atoms with Crippen molar-refractivity contribution in [3.05, 3.63) is 0 Å². The van der Waals surface area contributed by atoms with E-state index in [9.17, 15) is 0 Å². The molecule has 0 aromatic carbocycles. The Morgan fingerprint density at radius 2 is 2.25 bits per heavy atom. The Labute approximate surface area is 23.7 Å². The van der Waals surface area contributed by atoms with E-state index < -0.39 is 0 Å². The summed E-state index contributed by atoms with van der Waals surface area (Å²) in [5, 5.41) is 0. The summed E-state index contributed by atoms with van der Waals surface area (Å²) in [7, 11) is 0. The number of cyclic esters (lactones) is 1. The van der Waals surface area contributed by atoms with Crippen molar-refractivity contribution in [3.8, 4) is 0 Å². The number of hydrogen-bond acceptors (Lipinski definition) is 1. The molecule has 1 rings (SSSR count). The first-order chi connectivity index (χ1) is 2.00. The van der Waals surface area contributed by atoms with Crippen LogP contribution in [0.3, 0.4) is 0 Å². The van der Waals surface area contributed by atoms with Crippen molar-refractivity contribution in [2.45, 2.75) is 0 Å². The van der Waals surface area contributed by atoms with Crippen molar-refractivity contribution in [3.63, 3.8) is 0 Å². The maximum absolute atomic E-state index is 4.38. The summed E-state index contributed by atoms with van der Waals surface area (Å²) in [5.41, 5.74) is 0. The topological polar surface area (TPSA) is 20.5 Å². The predicted molar refractivity (Wildman–Crippen MR) is 12.0 cm³/mol. The van der Waals surface area contributed by atoms with Crippen LogP contribution in [0.25, 0.3) is 0 Å². The maximum atomic E-state index is 4.38. The zero-order chi connectivity index (χ0) is 2.83. The third-order valence-electron chi connectivity index (χ3n) is 0.272. The Bertz CT molecular complexity index is 33.3. The molecule has 0 amide bonds. The van der Waals surface area contributed by atoms with E-state index in [0.717, 1.165) is 0 Å². The summed E-state index contributed by atoms with van der Waals surface area (Å²) in [6, 6.07) is 0. The molecule has 0 aliphatic carbocycles. The molecular weight excluding hydrogens is 56.0 g/mol. The first kappa shape index (κ1) is 1.76. The van der Waals surface area contributed by atoms with Gasteiger partial charge in [0.1, 0.15) is 0 Å². The number of hydrogen-bond donors (Lipinski definition) is 0. The van der Waals surface area contributed by atoms with Gasteiger partial charge in [0, 0.05) is 0 Å². The molecule has 0 spiro atoms. The van der Waals surface area contributed by atoms with Crippen LogP contribution < -0.4 is 0 Å². The van der Waals surface area contributed by atoms with Crippen LogP contribution in [-0.2, 0) is 9.16 Å². The molecular formula is C2H3O2+. The van der Waals surface area contributed by atoms with Crippen LogP contribution in [0.1, 0.15) is 0 Å². The largest absolute Gasteiger partial charge is 0.482 e. The molecule has 1 aliphatic heterocycles. The molecule has 0 radical (unpaired) electrons. The fourth-order valence-electron chi connectivity index (χ4n) is 0.0680. The molecule has 0 saturated carbocycles. The summed E-state index contributed by atoms with van der Waals surface area (Å²) in [6.45, 7) is 1.75. The Balaban J connectivity index is 2.47. The molecule has 2 heteroatoms.